The second-order valence-corrected chi connectivity index (χ2v) is 8.90. The van der Waals surface area contributed by atoms with Crippen LogP contribution >= 0.6 is 12.4 Å². The summed E-state index contributed by atoms with van der Waals surface area (Å²) in [5.41, 5.74) is 4.20. The fourth-order valence-corrected chi connectivity index (χ4v) is 4.30. The summed E-state index contributed by atoms with van der Waals surface area (Å²) in [6.45, 7) is 3.42. The minimum Gasteiger partial charge on any atom is -0.358 e. The Morgan fingerprint density at radius 1 is 0.676 bits per heavy atom. The fourth-order valence-electron chi connectivity index (χ4n) is 4.30. The number of amidine groups is 2. The molecule has 0 saturated carbocycles. The Labute approximate surface area is 222 Å². The third-order valence-electron chi connectivity index (χ3n) is 6.31. The van der Waals surface area contributed by atoms with Crippen molar-refractivity contribution in [3.8, 4) is 0 Å². The lowest BCUT2D eigenvalue weighted by Crippen LogP contribution is -2.23. The molecule has 0 fully saturated rings. The van der Waals surface area contributed by atoms with Crippen LogP contribution in [0.3, 0.4) is 0 Å². The molecular formula is C28H29ClN6O2. The topological polar surface area (TPSA) is 89.4 Å². The molecule has 190 valence electrons. The normalized spacial score (nSPS) is 14.5. The molecule has 8 nitrogen and oxygen atoms in total. The number of nitrogens with zero attached hydrogens (tertiary/aromatic N) is 4. The number of hydrogen-bond donors (Lipinski definition) is 2. The Kier molecular flexibility index (Phi) is 7.89. The van der Waals surface area contributed by atoms with Gasteiger partial charge in [-0.25, -0.2) is 0 Å². The first kappa shape index (κ1) is 25.9. The molecule has 5 rings (SSSR count). The van der Waals surface area contributed by atoms with Crippen LogP contribution in [0.15, 0.2) is 82.8 Å². The molecular weight excluding hydrogens is 488 g/mol. The molecule has 0 unspecified atom stereocenters. The molecule has 2 heterocycles. The van der Waals surface area contributed by atoms with Crippen LogP contribution in [0.1, 0.15) is 31.8 Å². The Morgan fingerprint density at radius 3 is 1.43 bits per heavy atom. The van der Waals surface area contributed by atoms with Gasteiger partial charge in [-0.15, -0.1) is 12.4 Å². The van der Waals surface area contributed by atoms with Gasteiger partial charge in [0.15, 0.2) is 0 Å². The van der Waals surface area contributed by atoms with Crippen LogP contribution in [0.25, 0.3) is 0 Å². The van der Waals surface area contributed by atoms with E-state index in [0.29, 0.717) is 22.5 Å². The monoisotopic (exact) mass is 516 g/mol. The van der Waals surface area contributed by atoms with E-state index in [1.807, 2.05) is 62.6 Å². The summed E-state index contributed by atoms with van der Waals surface area (Å²) in [4.78, 5) is 38.9. The molecule has 2 N–H and O–H groups in total. The summed E-state index contributed by atoms with van der Waals surface area (Å²) in [6.07, 6.45) is 0. The Morgan fingerprint density at radius 2 is 1.08 bits per heavy atom. The molecule has 2 aliphatic rings. The SMILES string of the molecule is CN1CCN=C1c1ccc(NC(=O)c2cccc(C(=O)Nc3ccc(C4=NCCN4C)cc3)c2)cc1.Cl. The van der Waals surface area contributed by atoms with Gasteiger partial charge in [-0.1, -0.05) is 6.07 Å². The highest BCUT2D eigenvalue weighted by atomic mass is 35.5. The summed E-state index contributed by atoms with van der Waals surface area (Å²) >= 11 is 0. The molecule has 0 aromatic heterocycles. The number of aliphatic imine (C=N–C) groups is 2. The molecule has 9 heteroatoms. The highest BCUT2D eigenvalue weighted by molar-refractivity contribution is 6.09. The quantitative estimate of drug-likeness (QED) is 0.518. The van der Waals surface area contributed by atoms with Gasteiger partial charge in [0.2, 0.25) is 0 Å². The summed E-state index contributed by atoms with van der Waals surface area (Å²) < 4.78 is 0. The van der Waals surface area contributed by atoms with E-state index in [0.717, 1.165) is 49.0 Å². The van der Waals surface area contributed by atoms with Crippen LogP contribution in [-0.4, -0.2) is 73.6 Å². The van der Waals surface area contributed by atoms with Gasteiger partial charge in [0, 0.05) is 60.8 Å². The number of anilines is 2. The average Bonchev–Trinajstić information content (AvgIpc) is 3.53. The lowest BCUT2D eigenvalue weighted by atomic mass is 10.1. The number of halogens is 1. The summed E-state index contributed by atoms with van der Waals surface area (Å²) in [7, 11) is 4.04. The minimum absolute atomic E-state index is 0. The molecule has 0 aliphatic carbocycles. The van der Waals surface area contributed by atoms with Gasteiger partial charge < -0.3 is 20.4 Å². The van der Waals surface area contributed by atoms with Crippen LogP contribution < -0.4 is 10.6 Å². The first-order chi connectivity index (χ1) is 17.5. The van der Waals surface area contributed by atoms with E-state index in [1.165, 1.54) is 0 Å². The van der Waals surface area contributed by atoms with Crippen molar-refractivity contribution in [1.82, 2.24) is 9.80 Å². The van der Waals surface area contributed by atoms with Crippen molar-refractivity contribution in [2.45, 2.75) is 0 Å². The van der Waals surface area contributed by atoms with Crippen molar-refractivity contribution in [3.63, 3.8) is 0 Å². The standard InChI is InChI=1S/C28H28N6O2.ClH/c1-33-16-14-29-25(33)19-6-10-23(11-7-19)31-27(35)21-4-3-5-22(18-21)28(36)32-24-12-8-20(9-13-24)26-30-15-17-34(26)2;/h3-13,18H,14-17H2,1-2H3,(H,31,35)(H,32,36);1H. The molecule has 2 amide bonds. The summed E-state index contributed by atoms with van der Waals surface area (Å²) in [6, 6.07) is 21.9. The third kappa shape index (κ3) is 5.81. The Balaban J connectivity index is 0.00000320. The van der Waals surface area contributed by atoms with Gasteiger partial charge in [0.25, 0.3) is 11.8 Å². The molecule has 0 bridgehead atoms. The molecule has 0 radical (unpaired) electrons. The van der Waals surface area contributed by atoms with Gasteiger partial charge >= 0.3 is 0 Å². The minimum atomic E-state index is -0.279. The number of nitrogens with one attached hydrogen (secondary N) is 2. The molecule has 37 heavy (non-hydrogen) atoms. The van der Waals surface area contributed by atoms with Crippen LogP contribution in [-0.2, 0) is 0 Å². The van der Waals surface area contributed by atoms with E-state index in [2.05, 4.69) is 30.4 Å². The molecule has 2 aliphatic heterocycles. The van der Waals surface area contributed by atoms with E-state index in [4.69, 9.17) is 0 Å². The lowest BCUT2D eigenvalue weighted by Gasteiger charge is -2.14. The first-order valence-electron chi connectivity index (χ1n) is 11.9. The number of carbonyl (C=O) groups is 2. The smallest absolute Gasteiger partial charge is 0.255 e. The highest BCUT2D eigenvalue weighted by Crippen LogP contribution is 2.18. The van der Waals surface area contributed by atoms with E-state index in [-0.39, 0.29) is 24.2 Å². The number of rotatable bonds is 6. The first-order valence-corrected chi connectivity index (χ1v) is 11.9. The number of carbonyl (C=O) groups excluding carboxylic acids is 2. The van der Waals surface area contributed by atoms with Crippen LogP contribution in [0.5, 0.6) is 0 Å². The molecule has 0 spiro atoms. The summed E-state index contributed by atoms with van der Waals surface area (Å²) in [5, 5.41) is 5.80. The van der Waals surface area contributed by atoms with Crippen molar-refractivity contribution >= 4 is 47.3 Å². The van der Waals surface area contributed by atoms with E-state index < -0.39 is 0 Å². The zero-order valence-corrected chi connectivity index (χ0v) is 21.6. The van der Waals surface area contributed by atoms with Crippen molar-refractivity contribution < 1.29 is 9.59 Å². The molecule has 3 aromatic rings. The maximum absolute atomic E-state index is 12.8. The van der Waals surface area contributed by atoms with E-state index in [9.17, 15) is 9.59 Å². The second kappa shape index (κ2) is 11.3. The van der Waals surface area contributed by atoms with E-state index in [1.54, 1.807) is 24.3 Å². The molecule has 0 atom stereocenters. The second-order valence-electron chi connectivity index (χ2n) is 8.90. The average molecular weight is 517 g/mol. The van der Waals surface area contributed by atoms with Crippen molar-refractivity contribution in [1.29, 1.82) is 0 Å². The Bertz CT molecular complexity index is 1250. The van der Waals surface area contributed by atoms with Crippen LogP contribution in [0.4, 0.5) is 11.4 Å². The maximum Gasteiger partial charge on any atom is 0.255 e. The van der Waals surface area contributed by atoms with Crippen LogP contribution in [0, 0.1) is 0 Å². The molecule has 3 aromatic carbocycles. The van der Waals surface area contributed by atoms with Gasteiger partial charge in [-0.3, -0.25) is 19.6 Å². The number of amides is 2. The predicted octanol–water partition coefficient (Wildman–Crippen LogP) is 4.00. The van der Waals surface area contributed by atoms with E-state index >= 15 is 0 Å². The van der Waals surface area contributed by atoms with Crippen LogP contribution in [0.2, 0.25) is 0 Å². The zero-order valence-electron chi connectivity index (χ0n) is 20.8. The number of benzene rings is 3. The Hall–Kier alpha value is -4.17. The number of hydrogen-bond acceptors (Lipinski definition) is 6. The lowest BCUT2D eigenvalue weighted by molar-refractivity contribution is 0.102. The van der Waals surface area contributed by atoms with Crippen molar-refractivity contribution in [2.75, 3.05) is 50.9 Å². The zero-order chi connectivity index (χ0) is 25.1. The van der Waals surface area contributed by atoms with Crippen molar-refractivity contribution in [2.24, 2.45) is 9.98 Å². The third-order valence-corrected chi connectivity index (χ3v) is 6.31. The predicted molar refractivity (Wildman–Crippen MR) is 151 cm³/mol. The van der Waals surface area contributed by atoms with Gasteiger partial charge in [0.1, 0.15) is 11.7 Å². The highest BCUT2D eigenvalue weighted by Gasteiger charge is 2.16. The van der Waals surface area contributed by atoms with Gasteiger partial charge in [0.05, 0.1) is 13.1 Å². The van der Waals surface area contributed by atoms with Crippen molar-refractivity contribution in [3.05, 3.63) is 95.1 Å². The number of likely N-dealkylation sites (N-methyl/N-ethyl adjacent to an activating group) is 2. The van der Waals surface area contributed by atoms with Gasteiger partial charge in [-0.05, 0) is 66.7 Å². The summed E-state index contributed by atoms with van der Waals surface area (Å²) in [5.74, 6) is 1.36. The maximum atomic E-state index is 12.8. The van der Waals surface area contributed by atoms with Gasteiger partial charge in [-0.2, -0.15) is 0 Å². The largest absolute Gasteiger partial charge is 0.358 e. The molecule has 0 saturated heterocycles. The fraction of sp³-hybridized carbons (Fsp3) is 0.214.